The van der Waals surface area contributed by atoms with Gasteiger partial charge in [0.15, 0.2) is 5.75 Å². The van der Waals surface area contributed by atoms with E-state index >= 15 is 0 Å². The van der Waals surface area contributed by atoms with Gasteiger partial charge in [0, 0.05) is 0 Å². The van der Waals surface area contributed by atoms with Crippen molar-refractivity contribution in [2.75, 3.05) is 5.32 Å². The molecule has 2 aromatic rings. The largest absolute Gasteiger partial charge is 0.502 e. The zero-order valence-corrected chi connectivity index (χ0v) is 9.17. The quantitative estimate of drug-likeness (QED) is 0.780. The molecular formula is C12H9NO5. The zero-order valence-electron chi connectivity index (χ0n) is 9.17. The second kappa shape index (κ2) is 4.70. The van der Waals surface area contributed by atoms with Crippen LogP contribution in [-0.4, -0.2) is 11.2 Å². The van der Waals surface area contributed by atoms with E-state index in [2.05, 4.69) is 0 Å². The fourth-order valence-electron chi connectivity index (χ4n) is 1.36. The first-order valence-corrected chi connectivity index (χ1v) is 5.09. The molecule has 0 aliphatic heterocycles. The number of carbonyl (C=O) groups is 1. The molecule has 6 nitrogen and oxygen atoms in total. The van der Waals surface area contributed by atoms with Crippen molar-refractivity contribution in [3.63, 3.8) is 0 Å². The van der Waals surface area contributed by atoms with Gasteiger partial charge in [-0.1, -0.05) is 30.3 Å². The molecule has 1 amide bonds. The summed E-state index contributed by atoms with van der Waals surface area (Å²) < 4.78 is 4.81. The van der Waals surface area contributed by atoms with Gasteiger partial charge in [-0.3, -0.25) is 14.9 Å². The highest BCUT2D eigenvalue weighted by atomic mass is 16.5. The van der Waals surface area contributed by atoms with Crippen LogP contribution < -0.4 is 16.2 Å². The lowest BCUT2D eigenvalue weighted by Gasteiger charge is -2.08. The average Bonchev–Trinajstić information content (AvgIpc) is 2.42. The Morgan fingerprint density at radius 3 is 2.44 bits per heavy atom. The first kappa shape index (κ1) is 11.8. The molecule has 0 atom stereocenters. The Morgan fingerprint density at radius 2 is 1.83 bits per heavy atom. The van der Waals surface area contributed by atoms with Gasteiger partial charge in [0.1, 0.15) is 12.3 Å². The van der Waals surface area contributed by atoms with E-state index in [0.29, 0.717) is 0 Å². The van der Waals surface area contributed by atoms with Gasteiger partial charge in [-0.2, -0.15) is 0 Å². The molecule has 0 unspecified atom stereocenters. The number of carbonyl (C=O) groups excluding carboxylic acids is 1. The lowest BCUT2D eigenvalue weighted by atomic mass is 10.2. The number of aromatic hydroxyl groups is 1. The minimum absolute atomic E-state index is 0.0306. The Labute approximate surface area is 101 Å². The van der Waals surface area contributed by atoms with E-state index in [-0.39, 0.29) is 6.61 Å². The number of amides is 1. The van der Waals surface area contributed by atoms with Crippen LogP contribution in [0.25, 0.3) is 0 Å². The van der Waals surface area contributed by atoms with Crippen LogP contribution in [0, 0.1) is 0 Å². The highest BCUT2D eigenvalue weighted by molar-refractivity contribution is 5.87. The maximum Gasteiger partial charge on any atom is 0.412 e. The number of benzene rings is 1. The van der Waals surface area contributed by atoms with Crippen molar-refractivity contribution in [2.24, 2.45) is 0 Å². The number of hydrogen-bond donors (Lipinski definition) is 2. The molecule has 0 aromatic heterocycles. The van der Waals surface area contributed by atoms with Gasteiger partial charge in [0.05, 0.1) is 0 Å². The van der Waals surface area contributed by atoms with Crippen molar-refractivity contribution in [3.05, 3.63) is 56.3 Å². The maximum absolute atomic E-state index is 11.3. The van der Waals surface area contributed by atoms with Crippen molar-refractivity contribution in [1.82, 2.24) is 0 Å². The van der Waals surface area contributed by atoms with E-state index in [0.717, 1.165) is 5.56 Å². The van der Waals surface area contributed by atoms with Crippen LogP contribution in [0.15, 0.2) is 39.9 Å². The van der Waals surface area contributed by atoms with Crippen molar-refractivity contribution in [1.29, 1.82) is 0 Å². The molecule has 92 valence electrons. The third-order valence-corrected chi connectivity index (χ3v) is 2.32. The predicted octanol–water partition coefficient (Wildman–Crippen LogP) is 0.737. The van der Waals surface area contributed by atoms with Crippen molar-refractivity contribution < 1.29 is 14.6 Å². The molecular weight excluding hydrogens is 238 g/mol. The van der Waals surface area contributed by atoms with Crippen molar-refractivity contribution >= 4 is 11.8 Å². The molecule has 0 bridgehead atoms. The Bertz CT molecular complexity index is 640. The molecule has 0 heterocycles. The van der Waals surface area contributed by atoms with Crippen LogP contribution in [-0.2, 0) is 11.3 Å². The van der Waals surface area contributed by atoms with Gasteiger partial charge >= 0.3 is 6.09 Å². The lowest BCUT2D eigenvalue weighted by molar-refractivity contribution is 0.155. The number of rotatable bonds is 3. The van der Waals surface area contributed by atoms with Gasteiger partial charge in [-0.25, -0.2) is 4.79 Å². The Kier molecular flexibility index (Phi) is 3.09. The molecule has 2 rings (SSSR count). The van der Waals surface area contributed by atoms with E-state index < -0.39 is 28.4 Å². The number of hydrogen-bond acceptors (Lipinski definition) is 5. The Balaban J connectivity index is 1.91. The highest BCUT2D eigenvalue weighted by Crippen LogP contribution is 2.14. The van der Waals surface area contributed by atoms with Crippen LogP contribution in [0.5, 0.6) is 5.75 Å². The smallest absolute Gasteiger partial charge is 0.412 e. The maximum atomic E-state index is 11.3. The standard InChI is InChI=1S/C12H9NO5/c14-9-8(10(15)11(9)16)13-12(17)18-6-7-4-2-1-3-5-7/h1-5,14H,6H2,(H,13,17). The van der Waals surface area contributed by atoms with Gasteiger partial charge in [0.2, 0.25) is 0 Å². The first-order valence-electron chi connectivity index (χ1n) is 5.09. The monoisotopic (exact) mass is 247 g/mol. The molecule has 0 aliphatic carbocycles. The van der Waals surface area contributed by atoms with Crippen molar-refractivity contribution in [2.45, 2.75) is 6.61 Å². The van der Waals surface area contributed by atoms with Crippen LogP contribution >= 0.6 is 0 Å². The van der Waals surface area contributed by atoms with E-state index in [1.165, 1.54) is 0 Å². The number of ether oxygens (including phenoxy) is 1. The topological polar surface area (TPSA) is 92.7 Å². The van der Waals surface area contributed by atoms with E-state index in [4.69, 9.17) is 9.84 Å². The second-order valence-electron chi connectivity index (χ2n) is 3.57. The zero-order chi connectivity index (χ0) is 13.1. The predicted molar refractivity (Wildman–Crippen MR) is 63.3 cm³/mol. The second-order valence-corrected chi connectivity index (χ2v) is 3.57. The number of anilines is 1. The number of nitrogens with one attached hydrogen (secondary N) is 1. The van der Waals surface area contributed by atoms with Gasteiger partial charge in [0.25, 0.3) is 10.9 Å². The summed E-state index contributed by atoms with van der Waals surface area (Å²) in [6, 6.07) is 8.94. The summed E-state index contributed by atoms with van der Waals surface area (Å²) in [4.78, 5) is 32.9. The average molecular weight is 247 g/mol. The molecule has 2 N–H and O–H groups in total. The summed E-state index contributed by atoms with van der Waals surface area (Å²) in [5.74, 6) is -0.739. The molecule has 6 heteroatoms. The summed E-state index contributed by atoms with van der Waals surface area (Å²) in [5, 5.41) is 11.0. The summed E-state index contributed by atoms with van der Waals surface area (Å²) in [6.45, 7) is 0.0306. The van der Waals surface area contributed by atoms with Gasteiger partial charge < -0.3 is 9.84 Å². The third kappa shape index (κ3) is 2.22. The van der Waals surface area contributed by atoms with Gasteiger partial charge in [-0.05, 0) is 5.56 Å². The molecule has 0 aliphatic rings. The van der Waals surface area contributed by atoms with Gasteiger partial charge in [-0.15, -0.1) is 0 Å². The van der Waals surface area contributed by atoms with Crippen molar-refractivity contribution in [3.8, 4) is 5.75 Å². The molecule has 0 saturated heterocycles. The fourth-order valence-corrected chi connectivity index (χ4v) is 1.36. The molecule has 0 spiro atoms. The van der Waals surface area contributed by atoms with Crippen LogP contribution in [0.4, 0.5) is 10.5 Å². The molecule has 0 fully saturated rings. The molecule has 18 heavy (non-hydrogen) atoms. The van der Waals surface area contributed by atoms with E-state index in [1.54, 1.807) is 24.3 Å². The normalized spacial score (nSPS) is 10.2. The third-order valence-electron chi connectivity index (χ3n) is 2.32. The molecule has 0 saturated carbocycles. The van der Waals surface area contributed by atoms with Crippen LogP contribution in [0.3, 0.4) is 0 Å². The van der Waals surface area contributed by atoms with Crippen LogP contribution in [0.2, 0.25) is 0 Å². The molecule has 0 radical (unpaired) electrons. The summed E-state index contributed by atoms with van der Waals surface area (Å²) in [7, 11) is 0. The molecule has 2 aromatic carbocycles. The first-order chi connectivity index (χ1) is 8.59. The van der Waals surface area contributed by atoms with Crippen LogP contribution in [0.1, 0.15) is 5.56 Å². The van der Waals surface area contributed by atoms with E-state index in [1.807, 2.05) is 11.4 Å². The minimum atomic E-state index is -1.01. The summed E-state index contributed by atoms with van der Waals surface area (Å²) in [5.41, 5.74) is -1.57. The Morgan fingerprint density at radius 1 is 1.17 bits per heavy atom. The summed E-state index contributed by atoms with van der Waals surface area (Å²) >= 11 is 0. The van der Waals surface area contributed by atoms with E-state index in [9.17, 15) is 14.4 Å². The Hall–Kier alpha value is -2.63. The lowest BCUT2D eigenvalue weighted by Crippen LogP contribution is -2.35. The fraction of sp³-hybridized carbons (Fsp3) is 0.0833. The summed E-state index contributed by atoms with van der Waals surface area (Å²) in [6.07, 6.45) is -0.902. The SMILES string of the molecule is O=C(Nc1c(O)c(=O)c1=O)OCc1ccccc1. The highest BCUT2D eigenvalue weighted by Gasteiger charge is 2.22. The minimum Gasteiger partial charge on any atom is -0.502 e.